The molecule has 1 N–H and O–H groups in total. The van der Waals surface area contributed by atoms with Gasteiger partial charge in [-0.3, -0.25) is 0 Å². The quantitative estimate of drug-likeness (QED) is 0.770. The zero-order chi connectivity index (χ0) is 15.1. The maximum atomic E-state index is 5.99. The molecule has 0 bridgehead atoms. The van der Waals surface area contributed by atoms with Crippen molar-refractivity contribution in [2.45, 2.75) is 26.8 Å². The van der Waals surface area contributed by atoms with Gasteiger partial charge < -0.3 is 14.8 Å². The number of rotatable bonds is 7. The van der Waals surface area contributed by atoms with Crippen LogP contribution in [0.2, 0.25) is 0 Å². The van der Waals surface area contributed by atoms with E-state index in [0.29, 0.717) is 0 Å². The first-order valence-electron chi connectivity index (χ1n) is 7.35. The Morgan fingerprint density at radius 2 is 1.86 bits per heavy atom. The maximum absolute atomic E-state index is 5.99. The second-order valence-electron chi connectivity index (χ2n) is 5.06. The molecule has 0 unspecified atom stereocenters. The molecule has 0 heterocycles. The molecule has 21 heavy (non-hydrogen) atoms. The van der Waals surface area contributed by atoms with E-state index < -0.39 is 0 Å². The Kier molecular flexibility index (Phi) is 5.64. The van der Waals surface area contributed by atoms with Crippen molar-refractivity contribution in [3.8, 4) is 17.2 Å². The predicted octanol–water partition coefficient (Wildman–Crippen LogP) is 4.30. The minimum Gasteiger partial charge on any atom is -0.497 e. The Morgan fingerprint density at radius 3 is 2.62 bits per heavy atom. The van der Waals surface area contributed by atoms with Crippen LogP contribution in [0.1, 0.15) is 24.5 Å². The molecule has 2 rings (SSSR count). The third kappa shape index (κ3) is 4.50. The summed E-state index contributed by atoms with van der Waals surface area (Å²) < 4.78 is 11.2. The van der Waals surface area contributed by atoms with E-state index in [1.54, 1.807) is 7.11 Å². The molecule has 0 aromatic heterocycles. The van der Waals surface area contributed by atoms with Gasteiger partial charge in [0, 0.05) is 12.6 Å². The third-order valence-corrected chi connectivity index (χ3v) is 3.28. The summed E-state index contributed by atoms with van der Waals surface area (Å²) in [5.41, 5.74) is 2.35. The smallest absolute Gasteiger partial charge is 0.131 e. The number of hydrogen-bond donors (Lipinski definition) is 1. The summed E-state index contributed by atoms with van der Waals surface area (Å²) >= 11 is 0. The monoisotopic (exact) mass is 285 g/mol. The van der Waals surface area contributed by atoms with Crippen LogP contribution in [0.4, 0.5) is 0 Å². The van der Waals surface area contributed by atoms with Crippen molar-refractivity contribution >= 4 is 0 Å². The summed E-state index contributed by atoms with van der Waals surface area (Å²) in [6.07, 6.45) is 1.14. The van der Waals surface area contributed by atoms with E-state index in [9.17, 15) is 0 Å². The first-order valence-corrected chi connectivity index (χ1v) is 7.35. The standard InChI is InChI=1S/C18H23NO2/c1-4-10-19-13-15-9-8-14(2)18(11-15)21-17-7-5-6-16(12-17)20-3/h5-9,11-12,19H,4,10,13H2,1-3H3. The second kappa shape index (κ2) is 7.70. The number of benzene rings is 2. The maximum Gasteiger partial charge on any atom is 0.131 e. The molecule has 0 aliphatic carbocycles. The highest BCUT2D eigenvalue weighted by atomic mass is 16.5. The highest BCUT2D eigenvalue weighted by Crippen LogP contribution is 2.28. The highest BCUT2D eigenvalue weighted by Gasteiger charge is 2.04. The van der Waals surface area contributed by atoms with Crippen LogP contribution in [0, 0.1) is 6.92 Å². The summed E-state index contributed by atoms with van der Waals surface area (Å²) in [6.45, 7) is 6.11. The summed E-state index contributed by atoms with van der Waals surface area (Å²) in [5, 5.41) is 3.40. The van der Waals surface area contributed by atoms with Crippen LogP contribution in [-0.2, 0) is 6.54 Å². The van der Waals surface area contributed by atoms with Crippen molar-refractivity contribution < 1.29 is 9.47 Å². The molecule has 3 heteroatoms. The van der Waals surface area contributed by atoms with Crippen molar-refractivity contribution in [1.82, 2.24) is 5.32 Å². The van der Waals surface area contributed by atoms with Crippen LogP contribution >= 0.6 is 0 Å². The van der Waals surface area contributed by atoms with Gasteiger partial charge in [0.2, 0.25) is 0 Å². The topological polar surface area (TPSA) is 30.5 Å². The van der Waals surface area contributed by atoms with Gasteiger partial charge in [-0.1, -0.05) is 25.1 Å². The zero-order valence-corrected chi connectivity index (χ0v) is 13.0. The molecule has 2 aromatic rings. The summed E-state index contributed by atoms with van der Waals surface area (Å²) in [4.78, 5) is 0. The van der Waals surface area contributed by atoms with E-state index in [0.717, 1.165) is 42.3 Å². The average Bonchev–Trinajstić information content (AvgIpc) is 2.51. The van der Waals surface area contributed by atoms with E-state index in [2.05, 4.69) is 37.4 Å². The molecule has 0 saturated heterocycles. The minimum atomic E-state index is 0.788. The Hall–Kier alpha value is -2.00. The molecule has 0 atom stereocenters. The van der Waals surface area contributed by atoms with E-state index in [-0.39, 0.29) is 0 Å². The fourth-order valence-corrected chi connectivity index (χ4v) is 2.07. The highest BCUT2D eigenvalue weighted by molar-refractivity contribution is 5.42. The lowest BCUT2D eigenvalue weighted by Gasteiger charge is -2.12. The Morgan fingerprint density at radius 1 is 1.05 bits per heavy atom. The molecule has 0 aliphatic rings. The molecule has 0 aliphatic heterocycles. The molecule has 0 amide bonds. The number of ether oxygens (including phenoxy) is 2. The second-order valence-corrected chi connectivity index (χ2v) is 5.06. The fraction of sp³-hybridized carbons (Fsp3) is 0.333. The van der Waals surface area contributed by atoms with Crippen LogP contribution in [0.15, 0.2) is 42.5 Å². The first-order chi connectivity index (χ1) is 10.2. The van der Waals surface area contributed by atoms with Gasteiger partial charge in [0.15, 0.2) is 0 Å². The summed E-state index contributed by atoms with van der Waals surface area (Å²) in [5.74, 6) is 2.47. The van der Waals surface area contributed by atoms with E-state index in [4.69, 9.17) is 9.47 Å². The summed E-state index contributed by atoms with van der Waals surface area (Å²) in [7, 11) is 1.66. The molecule has 3 nitrogen and oxygen atoms in total. The van der Waals surface area contributed by atoms with Crippen LogP contribution in [-0.4, -0.2) is 13.7 Å². The Balaban J connectivity index is 2.12. The van der Waals surface area contributed by atoms with Gasteiger partial charge >= 0.3 is 0 Å². The van der Waals surface area contributed by atoms with Gasteiger partial charge in [-0.15, -0.1) is 0 Å². The Bertz CT molecular complexity index is 581. The number of hydrogen-bond acceptors (Lipinski definition) is 3. The minimum absolute atomic E-state index is 0.788. The van der Waals surface area contributed by atoms with Gasteiger partial charge in [-0.25, -0.2) is 0 Å². The van der Waals surface area contributed by atoms with Crippen molar-refractivity contribution in [3.05, 3.63) is 53.6 Å². The normalized spacial score (nSPS) is 10.4. The fourth-order valence-electron chi connectivity index (χ4n) is 2.07. The van der Waals surface area contributed by atoms with Crippen LogP contribution < -0.4 is 14.8 Å². The zero-order valence-electron chi connectivity index (χ0n) is 13.0. The molecule has 0 spiro atoms. The average molecular weight is 285 g/mol. The lowest BCUT2D eigenvalue weighted by atomic mass is 10.1. The lowest BCUT2D eigenvalue weighted by Crippen LogP contribution is -2.13. The van der Waals surface area contributed by atoms with Crippen molar-refractivity contribution in [1.29, 1.82) is 0 Å². The van der Waals surface area contributed by atoms with Crippen molar-refractivity contribution in [2.24, 2.45) is 0 Å². The van der Waals surface area contributed by atoms with Crippen LogP contribution in [0.3, 0.4) is 0 Å². The number of aryl methyl sites for hydroxylation is 1. The summed E-state index contributed by atoms with van der Waals surface area (Å²) in [6, 6.07) is 14.0. The molecule has 0 radical (unpaired) electrons. The van der Waals surface area contributed by atoms with Gasteiger partial charge in [0.25, 0.3) is 0 Å². The van der Waals surface area contributed by atoms with Crippen molar-refractivity contribution in [2.75, 3.05) is 13.7 Å². The van der Waals surface area contributed by atoms with E-state index in [1.165, 1.54) is 5.56 Å². The third-order valence-electron chi connectivity index (χ3n) is 3.28. The van der Waals surface area contributed by atoms with Gasteiger partial charge in [0.05, 0.1) is 7.11 Å². The van der Waals surface area contributed by atoms with Crippen LogP contribution in [0.25, 0.3) is 0 Å². The first kappa shape index (κ1) is 15.4. The number of nitrogens with one attached hydrogen (secondary N) is 1. The molecule has 2 aromatic carbocycles. The van der Waals surface area contributed by atoms with E-state index >= 15 is 0 Å². The van der Waals surface area contributed by atoms with Gasteiger partial charge in [-0.05, 0) is 49.2 Å². The Labute approximate surface area is 126 Å². The van der Waals surface area contributed by atoms with Crippen molar-refractivity contribution in [3.63, 3.8) is 0 Å². The molecule has 112 valence electrons. The predicted molar refractivity (Wildman–Crippen MR) is 86.2 cm³/mol. The van der Waals surface area contributed by atoms with Gasteiger partial charge in [-0.2, -0.15) is 0 Å². The lowest BCUT2D eigenvalue weighted by molar-refractivity contribution is 0.408. The molecular formula is C18H23NO2. The van der Waals surface area contributed by atoms with E-state index in [1.807, 2.05) is 24.3 Å². The molecule has 0 fully saturated rings. The van der Waals surface area contributed by atoms with Crippen LogP contribution in [0.5, 0.6) is 17.2 Å². The SMILES string of the molecule is CCCNCc1ccc(C)c(Oc2cccc(OC)c2)c1. The largest absolute Gasteiger partial charge is 0.497 e. The number of methoxy groups -OCH3 is 1. The molecular weight excluding hydrogens is 262 g/mol. The molecule has 0 saturated carbocycles. The van der Waals surface area contributed by atoms with Gasteiger partial charge in [0.1, 0.15) is 17.2 Å².